The van der Waals surface area contributed by atoms with Gasteiger partial charge in [0.25, 0.3) is 5.91 Å². The Balaban J connectivity index is 2.46. The zero-order chi connectivity index (χ0) is 14.8. The first kappa shape index (κ1) is 14.2. The summed E-state index contributed by atoms with van der Waals surface area (Å²) >= 11 is 0. The molecule has 1 aromatic carbocycles. The number of imide groups is 2. The molecule has 5 heteroatoms. The fraction of sp³-hybridized carbons (Fsp3) is 0.400. The molecule has 0 bridgehead atoms. The second-order valence-corrected chi connectivity index (χ2v) is 4.92. The second-order valence-electron chi connectivity index (χ2n) is 4.92. The molecule has 106 valence electrons. The van der Waals surface area contributed by atoms with Crippen LogP contribution in [0.15, 0.2) is 30.3 Å². The van der Waals surface area contributed by atoms with Crippen LogP contribution in [0.25, 0.3) is 0 Å². The molecule has 0 radical (unpaired) electrons. The lowest BCUT2D eigenvalue weighted by Gasteiger charge is -2.38. The maximum atomic E-state index is 12.7. The van der Waals surface area contributed by atoms with E-state index in [0.717, 1.165) is 4.90 Å². The lowest BCUT2D eigenvalue weighted by Crippen LogP contribution is -2.64. The first-order valence-corrected chi connectivity index (χ1v) is 6.82. The molecule has 1 aliphatic heterocycles. The number of urea groups is 1. The molecule has 1 aromatic rings. The van der Waals surface area contributed by atoms with Crippen molar-refractivity contribution in [2.24, 2.45) is 5.41 Å². The van der Waals surface area contributed by atoms with Gasteiger partial charge in [-0.3, -0.25) is 14.9 Å². The smallest absolute Gasteiger partial charge is 0.276 e. The monoisotopic (exact) mass is 274 g/mol. The molecule has 0 saturated carbocycles. The lowest BCUT2D eigenvalue weighted by atomic mass is 9.77. The minimum absolute atomic E-state index is 0.377. The van der Waals surface area contributed by atoms with Gasteiger partial charge >= 0.3 is 6.03 Å². The van der Waals surface area contributed by atoms with Gasteiger partial charge in [-0.25, -0.2) is 9.69 Å². The molecule has 1 N–H and O–H groups in total. The summed E-state index contributed by atoms with van der Waals surface area (Å²) in [5.74, 6) is -0.911. The predicted molar refractivity (Wildman–Crippen MR) is 75.1 cm³/mol. The number of carbonyl (C=O) groups is 3. The SMILES string of the molecule is CCCC1(CC)C(=O)NC(=O)N(c2ccccc2)C1=O. The number of hydrogen-bond donors (Lipinski definition) is 1. The van der Waals surface area contributed by atoms with E-state index in [2.05, 4.69) is 5.32 Å². The Morgan fingerprint density at radius 3 is 2.30 bits per heavy atom. The number of anilines is 1. The van der Waals surface area contributed by atoms with Crippen molar-refractivity contribution in [2.45, 2.75) is 33.1 Å². The summed E-state index contributed by atoms with van der Waals surface area (Å²) in [6.45, 7) is 3.72. The highest BCUT2D eigenvalue weighted by Gasteiger charge is 2.52. The van der Waals surface area contributed by atoms with Crippen LogP contribution < -0.4 is 10.2 Å². The van der Waals surface area contributed by atoms with E-state index in [4.69, 9.17) is 0 Å². The van der Waals surface area contributed by atoms with Gasteiger partial charge in [-0.15, -0.1) is 0 Å². The summed E-state index contributed by atoms with van der Waals surface area (Å²) in [5.41, 5.74) is -0.658. The molecule has 1 heterocycles. The summed E-state index contributed by atoms with van der Waals surface area (Å²) in [4.78, 5) is 38.0. The molecule has 1 aliphatic rings. The Morgan fingerprint density at radius 2 is 1.75 bits per heavy atom. The number of carbonyl (C=O) groups excluding carboxylic acids is 3. The predicted octanol–water partition coefficient (Wildman–Crippen LogP) is 2.47. The third-order valence-corrected chi connectivity index (χ3v) is 3.77. The molecule has 4 amide bonds. The van der Waals surface area contributed by atoms with Gasteiger partial charge in [0, 0.05) is 0 Å². The van der Waals surface area contributed by atoms with E-state index in [1.165, 1.54) is 0 Å². The van der Waals surface area contributed by atoms with Gasteiger partial charge < -0.3 is 0 Å². The average Bonchev–Trinajstić information content (AvgIpc) is 2.44. The standard InChI is InChI=1S/C15H18N2O3/c1-3-10-15(4-2)12(18)16-14(20)17(13(15)19)11-8-6-5-7-9-11/h5-9H,3-4,10H2,1-2H3,(H,16,18,20). The zero-order valence-electron chi connectivity index (χ0n) is 11.7. The minimum Gasteiger partial charge on any atom is -0.276 e. The van der Waals surface area contributed by atoms with Crippen LogP contribution >= 0.6 is 0 Å². The molecule has 1 fully saturated rings. The highest BCUT2D eigenvalue weighted by Crippen LogP contribution is 2.35. The van der Waals surface area contributed by atoms with Gasteiger partial charge in [0.1, 0.15) is 5.41 Å². The van der Waals surface area contributed by atoms with Gasteiger partial charge in [0.15, 0.2) is 0 Å². The number of hydrogen-bond acceptors (Lipinski definition) is 3. The highest BCUT2D eigenvalue weighted by atomic mass is 16.2. The zero-order valence-corrected chi connectivity index (χ0v) is 11.7. The van der Waals surface area contributed by atoms with Crippen molar-refractivity contribution in [2.75, 3.05) is 4.90 Å². The third-order valence-electron chi connectivity index (χ3n) is 3.77. The van der Waals surface area contributed by atoms with Gasteiger partial charge in [0.05, 0.1) is 5.69 Å². The molecule has 0 spiro atoms. The lowest BCUT2D eigenvalue weighted by molar-refractivity contribution is -0.143. The molecule has 20 heavy (non-hydrogen) atoms. The number of benzene rings is 1. The van der Waals surface area contributed by atoms with Gasteiger partial charge in [-0.2, -0.15) is 0 Å². The van der Waals surface area contributed by atoms with Crippen LogP contribution in [-0.2, 0) is 9.59 Å². The quantitative estimate of drug-likeness (QED) is 0.858. The summed E-state index contributed by atoms with van der Waals surface area (Å²) in [6.07, 6.45) is 1.51. The third kappa shape index (κ3) is 2.09. The molecule has 0 aromatic heterocycles. The molecular weight excluding hydrogens is 256 g/mol. The van der Waals surface area contributed by atoms with Crippen LogP contribution in [0.1, 0.15) is 33.1 Å². The fourth-order valence-electron chi connectivity index (χ4n) is 2.62. The Hall–Kier alpha value is -2.17. The van der Waals surface area contributed by atoms with E-state index in [0.29, 0.717) is 24.9 Å². The van der Waals surface area contributed by atoms with E-state index < -0.39 is 23.3 Å². The van der Waals surface area contributed by atoms with E-state index >= 15 is 0 Å². The summed E-state index contributed by atoms with van der Waals surface area (Å²) < 4.78 is 0. The summed E-state index contributed by atoms with van der Waals surface area (Å²) in [7, 11) is 0. The number of nitrogens with zero attached hydrogens (tertiary/aromatic N) is 1. The Kier molecular flexibility index (Phi) is 3.88. The highest BCUT2D eigenvalue weighted by molar-refractivity contribution is 6.29. The van der Waals surface area contributed by atoms with Crippen molar-refractivity contribution in [3.05, 3.63) is 30.3 Å². The van der Waals surface area contributed by atoms with Crippen LogP contribution in [0.3, 0.4) is 0 Å². The van der Waals surface area contributed by atoms with Crippen LogP contribution in [0.4, 0.5) is 10.5 Å². The van der Waals surface area contributed by atoms with E-state index in [-0.39, 0.29) is 0 Å². The van der Waals surface area contributed by atoms with Crippen molar-refractivity contribution < 1.29 is 14.4 Å². The van der Waals surface area contributed by atoms with E-state index in [1.54, 1.807) is 37.3 Å². The molecule has 2 rings (SSSR count). The molecule has 1 atom stereocenters. The number of para-hydroxylation sites is 1. The molecule has 5 nitrogen and oxygen atoms in total. The van der Waals surface area contributed by atoms with Crippen molar-refractivity contribution in [3.8, 4) is 0 Å². The normalized spacial score (nSPS) is 22.9. The Labute approximate surface area is 118 Å². The van der Waals surface area contributed by atoms with Gasteiger partial charge in [-0.1, -0.05) is 38.5 Å². The van der Waals surface area contributed by atoms with Crippen molar-refractivity contribution >= 4 is 23.5 Å². The van der Waals surface area contributed by atoms with Crippen LogP contribution in [0.5, 0.6) is 0 Å². The maximum absolute atomic E-state index is 12.7. The molecule has 1 unspecified atom stereocenters. The Bertz CT molecular complexity index is 541. The fourth-order valence-corrected chi connectivity index (χ4v) is 2.62. The van der Waals surface area contributed by atoms with Crippen molar-refractivity contribution in [1.82, 2.24) is 5.32 Å². The maximum Gasteiger partial charge on any atom is 0.335 e. The first-order chi connectivity index (χ1) is 9.56. The summed E-state index contributed by atoms with van der Waals surface area (Å²) in [6, 6.07) is 7.99. The second kappa shape index (κ2) is 5.45. The van der Waals surface area contributed by atoms with Crippen molar-refractivity contribution in [1.29, 1.82) is 0 Å². The number of rotatable bonds is 4. The topological polar surface area (TPSA) is 66.5 Å². The van der Waals surface area contributed by atoms with E-state index in [1.807, 2.05) is 6.92 Å². The average molecular weight is 274 g/mol. The number of barbiturate groups is 1. The van der Waals surface area contributed by atoms with Gasteiger partial charge in [-0.05, 0) is 25.0 Å². The summed E-state index contributed by atoms with van der Waals surface area (Å²) in [5, 5.41) is 2.31. The van der Waals surface area contributed by atoms with Crippen LogP contribution in [0.2, 0.25) is 0 Å². The van der Waals surface area contributed by atoms with Crippen LogP contribution in [-0.4, -0.2) is 17.8 Å². The van der Waals surface area contributed by atoms with Crippen LogP contribution in [0, 0.1) is 5.41 Å². The minimum atomic E-state index is -1.14. The number of amides is 4. The molecule has 1 saturated heterocycles. The van der Waals surface area contributed by atoms with E-state index in [9.17, 15) is 14.4 Å². The first-order valence-electron chi connectivity index (χ1n) is 6.82. The number of nitrogens with one attached hydrogen (secondary N) is 1. The largest absolute Gasteiger partial charge is 0.335 e. The molecular formula is C15H18N2O3. The van der Waals surface area contributed by atoms with Crippen molar-refractivity contribution in [3.63, 3.8) is 0 Å². The van der Waals surface area contributed by atoms with Gasteiger partial charge in [0.2, 0.25) is 5.91 Å². The Morgan fingerprint density at radius 1 is 1.10 bits per heavy atom. The molecule has 0 aliphatic carbocycles.